The Labute approximate surface area is 183 Å². The first-order valence-corrected chi connectivity index (χ1v) is 10.8. The number of hydrogen-bond donors (Lipinski definition) is 3. The molecule has 0 unspecified atom stereocenters. The van der Waals surface area contributed by atoms with Gasteiger partial charge in [-0.1, -0.05) is 30.3 Å². The van der Waals surface area contributed by atoms with Gasteiger partial charge in [-0.25, -0.2) is 0 Å². The summed E-state index contributed by atoms with van der Waals surface area (Å²) in [6, 6.07) is 15.2. The molecule has 1 saturated heterocycles. The largest absolute Gasteiger partial charge is 0.349 e. The fourth-order valence-electron chi connectivity index (χ4n) is 4.94. The first-order valence-electron chi connectivity index (χ1n) is 10.8. The van der Waals surface area contributed by atoms with E-state index in [1.54, 1.807) is 0 Å². The van der Waals surface area contributed by atoms with Crippen molar-refractivity contribution in [1.29, 1.82) is 0 Å². The molecule has 6 nitrogen and oxygen atoms in total. The van der Waals surface area contributed by atoms with Crippen molar-refractivity contribution in [3.05, 3.63) is 65.2 Å². The highest BCUT2D eigenvalue weighted by Gasteiger charge is 2.38. The van der Waals surface area contributed by atoms with Crippen molar-refractivity contribution in [3.63, 3.8) is 0 Å². The van der Waals surface area contributed by atoms with E-state index in [0.29, 0.717) is 5.56 Å². The summed E-state index contributed by atoms with van der Waals surface area (Å²) in [5.74, 6) is -0.198. The summed E-state index contributed by atoms with van der Waals surface area (Å²) in [6.45, 7) is 8.77. The lowest BCUT2D eigenvalue weighted by atomic mass is 9.79. The predicted octanol–water partition coefficient (Wildman–Crippen LogP) is 3.52. The molecule has 3 N–H and O–H groups in total. The number of aliphatic imine (C=N–C) groups is 1. The van der Waals surface area contributed by atoms with Gasteiger partial charge in [0, 0.05) is 33.8 Å². The molecule has 2 aromatic rings. The molecular weight excluding hydrogens is 388 g/mol. The maximum atomic E-state index is 12.9. The molecule has 0 spiro atoms. The van der Waals surface area contributed by atoms with Crippen molar-refractivity contribution in [2.75, 3.05) is 11.9 Å². The maximum absolute atomic E-state index is 12.9. The van der Waals surface area contributed by atoms with Crippen LogP contribution in [0.2, 0.25) is 0 Å². The molecule has 4 rings (SSSR count). The molecule has 0 bridgehead atoms. The normalized spacial score (nSPS) is 20.1. The van der Waals surface area contributed by atoms with E-state index in [0.717, 1.165) is 35.4 Å². The van der Waals surface area contributed by atoms with Crippen LogP contribution in [0, 0.1) is 0 Å². The molecule has 2 heterocycles. The van der Waals surface area contributed by atoms with E-state index in [2.05, 4.69) is 48.6 Å². The quantitative estimate of drug-likeness (QED) is 0.713. The van der Waals surface area contributed by atoms with Gasteiger partial charge in [-0.3, -0.25) is 14.6 Å². The monoisotopic (exact) mass is 418 g/mol. The second-order valence-electron chi connectivity index (χ2n) is 9.81. The molecule has 2 aromatic carbocycles. The number of hydrogen-bond acceptors (Lipinski definition) is 4. The minimum Gasteiger partial charge on any atom is -0.349 e. The number of carbonyl (C=O) groups is 2. The number of piperidine rings is 1. The highest BCUT2D eigenvalue weighted by molar-refractivity contribution is 6.19. The van der Waals surface area contributed by atoms with E-state index in [-0.39, 0.29) is 35.5 Å². The Hall–Kier alpha value is -2.99. The smallest absolute Gasteiger partial charge is 0.251 e. The van der Waals surface area contributed by atoms with Crippen LogP contribution < -0.4 is 16.0 Å². The van der Waals surface area contributed by atoms with Gasteiger partial charge in [-0.2, -0.15) is 0 Å². The summed E-state index contributed by atoms with van der Waals surface area (Å²) in [4.78, 5) is 29.4. The second kappa shape index (κ2) is 7.93. The molecule has 0 radical (unpaired) electrons. The molecule has 1 fully saturated rings. The Morgan fingerprint density at radius 3 is 2.32 bits per heavy atom. The molecule has 2 aliphatic heterocycles. The Morgan fingerprint density at radius 1 is 1.00 bits per heavy atom. The van der Waals surface area contributed by atoms with E-state index in [1.807, 2.05) is 48.5 Å². The van der Waals surface area contributed by atoms with Crippen molar-refractivity contribution in [1.82, 2.24) is 10.6 Å². The fraction of sp³-hybridized carbons (Fsp3) is 0.400. The molecule has 0 saturated carbocycles. The van der Waals surface area contributed by atoms with Gasteiger partial charge in [0.1, 0.15) is 6.54 Å². The van der Waals surface area contributed by atoms with E-state index in [4.69, 9.17) is 0 Å². The summed E-state index contributed by atoms with van der Waals surface area (Å²) >= 11 is 0. The van der Waals surface area contributed by atoms with Crippen LogP contribution in [-0.2, 0) is 4.79 Å². The molecule has 31 heavy (non-hydrogen) atoms. The van der Waals surface area contributed by atoms with Gasteiger partial charge in [0.15, 0.2) is 0 Å². The standard InChI is InChI=1S/C25H30N4O2/c1-24(2)13-18(14-25(3,4)29-24)27-23(31)17-11-9-16(10-12-17)22-19-7-5-6-8-20(19)28-21(30)15-26-22/h5-12,18,29H,13-15H2,1-4H3,(H,27,31)(H,28,30). The predicted molar refractivity (Wildman–Crippen MR) is 124 cm³/mol. The molecular formula is C25H30N4O2. The van der Waals surface area contributed by atoms with Crippen LogP contribution in [0.1, 0.15) is 62.0 Å². The van der Waals surface area contributed by atoms with Crippen molar-refractivity contribution in [2.45, 2.75) is 57.7 Å². The summed E-state index contributed by atoms with van der Waals surface area (Å²) in [7, 11) is 0. The van der Waals surface area contributed by atoms with E-state index >= 15 is 0 Å². The van der Waals surface area contributed by atoms with Gasteiger partial charge in [0.2, 0.25) is 5.91 Å². The minimum absolute atomic E-state index is 0.0277. The van der Waals surface area contributed by atoms with E-state index in [9.17, 15) is 9.59 Å². The van der Waals surface area contributed by atoms with Crippen molar-refractivity contribution < 1.29 is 9.59 Å². The van der Waals surface area contributed by atoms with Gasteiger partial charge >= 0.3 is 0 Å². The molecule has 0 aliphatic carbocycles. The first kappa shape index (κ1) is 21.2. The number of amides is 2. The topological polar surface area (TPSA) is 82.6 Å². The third kappa shape index (κ3) is 4.85. The van der Waals surface area contributed by atoms with Crippen LogP contribution >= 0.6 is 0 Å². The van der Waals surface area contributed by atoms with Crippen molar-refractivity contribution in [2.24, 2.45) is 4.99 Å². The maximum Gasteiger partial charge on any atom is 0.251 e. The number of para-hydroxylation sites is 1. The van der Waals surface area contributed by atoms with Gasteiger partial charge in [-0.05, 0) is 58.7 Å². The number of nitrogens with one attached hydrogen (secondary N) is 3. The number of carbonyl (C=O) groups excluding carboxylic acids is 2. The minimum atomic E-state index is -0.133. The second-order valence-corrected chi connectivity index (χ2v) is 9.81. The van der Waals surface area contributed by atoms with Gasteiger partial charge < -0.3 is 16.0 Å². The van der Waals surface area contributed by atoms with Crippen molar-refractivity contribution in [3.8, 4) is 0 Å². The van der Waals surface area contributed by atoms with Crippen LogP contribution in [0.5, 0.6) is 0 Å². The number of anilines is 1. The van der Waals surface area contributed by atoms with Crippen LogP contribution in [0.3, 0.4) is 0 Å². The number of benzene rings is 2. The molecule has 2 amide bonds. The van der Waals surface area contributed by atoms with E-state index < -0.39 is 0 Å². The van der Waals surface area contributed by atoms with Crippen LogP contribution in [0.25, 0.3) is 0 Å². The molecule has 162 valence electrons. The van der Waals surface area contributed by atoms with E-state index in [1.165, 1.54) is 0 Å². The third-order valence-electron chi connectivity index (χ3n) is 5.78. The zero-order valence-electron chi connectivity index (χ0n) is 18.6. The van der Waals surface area contributed by atoms with Crippen LogP contribution in [0.15, 0.2) is 53.5 Å². The number of fused-ring (bicyclic) bond motifs is 1. The zero-order valence-corrected chi connectivity index (χ0v) is 18.6. The highest BCUT2D eigenvalue weighted by Crippen LogP contribution is 2.29. The van der Waals surface area contributed by atoms with Crippen LogP contribution in [-0.4, -0.2) is 41.2 Å². The Morgan fingerprint density at radius 2 is 1.65 bits per heavy atom. The first-order chi connectivity index (χ1) is 14.6. The number of rotatable bonds is 3. The SMILES string of the molecule is CC1(C)CC(NC(=O)c2ccc(C3=NCC(=O)Nc4ccccc43)cc2)CC(C)(C)N1. The lowest BCUT2D eigenvalue weighted by molar-refractivity contribution is -0.114. The summed E-state index contributed by atoms with van der Waals surface area (Å²) in [5.41, 5.74) is 3.83. The van der Waals surface area contributed by atoms with Crippen molar-refractivity contribution >= 4 is 23.2 Å². The summed E-state index contributed by atoms with van der Waals surface area (Å²) < 4.78 is 0. The Kier molecular flexibility index (Phi) is 5.43. The molecule has 0 atom stereocenters. The van der Waals surface area contributed by atoms with Crippen LogP contribution in [0.4, 0.5) is 5.69 Å². The Bertz CT molecular complexity index is 1020. The number of nitrogens with zero attached hydrogens (tertiary/aromatic N) is 1. The summed E-state index contributed by atoms with van der Waals surface area (Å²) in [6.07, 6.45) is 1.77. The van der Waals surface area contributed by atoms with Gasteiger partial charge in [0.05, 0.1) is 11.4 Å². The Balaban J connectivity index is 1.52. The fourth-order valence-corrected chi connectivity index (χ4v) is 4.94. The lowest BCUT2D eigenvalue weighted by Gasteiger charge is -2.46. The van der Waals surface area contributed by atoms with Gasteiger partial charge in [0.25, 0.3) is 5.91 Å². The molecule has 2 aliphatic rings. The average molecular weight is 419 g/mol. The third-order valence-corrected chi connectivity index (χ3v) is 5.78. The average Bonchev–Trinajstić information content (AvgIpc) is 2.84. The zero-order chi connectivity index (χ0) is 22.2. The highest BCUT2D eigenvalue weighted by atomic mass is 16.2. The molecule has 0 aromatic heterocycles. The molecule has 6 heteroatoms. The van der Waals surface area contributed by atoms with Gasteiger partial charge in [-0.15, -0.1) is 0 Å². The lowest BCUT2D eigenvalue weighted by Crippen LogP contribution is -2.62. The number of benzodiazepines with no additional fused rings is 1. The summed E-state index contributed by atoms with van der Waals surface area (Å²) in [5, 5.41) is 9.74.